The second-order valence-corrected chi connectivity index (χ2v) is 4.22. The molecule has 0 bridgehead atoms. The fourth-order valence-corrected chi connectivity index (χ4v) is 1.90. The maximum absolute atomic E-state index is 12.6. The van der Waals surface area contributed by atoms with E-state index >= 15 is 0 Å². The van der Waals surface area contributed by atoms with Crippen LogP contribution in [0.25, 0.3) is 0 Å². The Hall–Kier alpha value is -0.720. The van der Waals surface area contributed by atoms with Gasteiger partial charge in [-0.05, 0) is 17.7 Å². The van der Waals surface area contributed by atoms with Crippen molar-refractivity contribution in [3.05, 3.63) is 29.3 Å². The smallest absolute Gasteiger partial charge is 0.396 e. The Labute approximate surface area is 95.1 Å². The van der Waals surface area contributed by atoms with Gasteiger partial charge in [0.2, 0.25) is 0 Å². The van der Waals surface area contributed by atoms with Crippen LogP contribution in [-0.2, 0) is 12.8 Å². The average molecular weight is 252 g/mol. The molecule has 0 aromatic heterocycles. The lowest BCUT2D eigenvalue weighted by molar-refractivity contribution is -0.138. The summed E-state index contributed by atoms with van der Waals surface area (Å²) in [6, 6.07) is 3.75. The lowest BCUT2D eigenvalue weighted by atomic mass is 10.1. The molecule has 0 aliphatic rings. The summed E-state index contributed by atoms with van der Waals surface area (Å²) in [7, 11) is 0. The van der Waals surface area contributed by atoms with Crippen molar-refractivity contribution in [2.75, 3.05) is 12.4 Å². The highest BCUT2D eigenvalue weighted by Crippen LogP contribution is 2.34. The lowest BCUT2D eigenvalue weighted by Crippen LogP contribution is -2.09. The highest BCUT2D eigenvalue weighted by molar-refractivity contribution is 7.99. The number of rotatable bonds is 4. The van der Waals surface area contributed by atoms with Crippen LogP contribution in [-0.4, -0.2) is 22.6 Å². The van der Waals surface area contributed by atoms with Crippen LogP contribution < -0.4 is 0 Å². The van der Waals surface area contributed by atoms with Gasteiger partial charge in [0.15, 0.2) is 0 Å². The molecule has 16 heavy (non-hydrogen) atoms. The first-order valence-electron chi connectivity index (χ1n) is 4.53. The van der Waals surface area contributed by atoms with Gasteiger partial charge in [0.05, 0.1) is 18.8 Å². The van der Waals surface area contributed by atoms with Gasteiger partial charge in [-0.2, -0.15) is 13.2 Å². The van der Waals surface area contributed by atoms with Crippen molar-refractivity contribution >= 4 is 11.8 Å². The SMILES string of the molecule is OCCSc1ccc(CO)c(C(F)(F)F)c1. The normalized spacial score (nSPS) is 11.8. The predicted molar refractivity (Wildman–Crippen MR) is 55.2 cm³/mol. The Balaban J connectivity index is 3.02. The minimum Gasteiger partial charge on any atom is -0.396 e. The highest BCUT2D eigenvalue weighted by Gasteiger charge is 2.33. The van der Waals surface area contributed by atoms with E-state index in [4.69, 9.17) is 10.2 Å². The third kappa shape index (κ3) is 3.40. The van der Waals surface area contributed by atoms with Gasteiger partial charge in [-0.25, -0.2) is 0 Å². The van der Waals surface area contributed by atoms with Crippen LogP contribution in [0.5, 0.6) is 0 Å². The van der Waals surface area contributed by atoms with E-state index in [9.17, 15) is 13.2 Å². The number of hydrogen-bond donors (Lipinski definition) is 2. The molecule has 1 rings (SSSR count). The second-order valence-electron chi connectivity index (χ2n) is 3.05. The van der Waals surface area contributed by atoms with Crippen LogP contribution in [0.2, 0.25) is 0 Å². The molecular weight excluding hydrogens is 241 g/mol. The molecule has 1 aromatic carbocycles. The molecule has 6 heteroatoms. The van der Waals surface area contributed by atoms with Gasteiger partial charge in [-0.15, -0.1) is 11.8 Å². The Kier molecular flexibility index (Phi) is 4.64. The van der Waals surface area contributed by atoms with Crippen molar-refractivity contribution in [2.24, 2.45) is 0 Å². The van der Waals surface area contributed by atoms with Gasteiger partial charge in [0, 0.05) is 10.6 Å². The van der Waals surface area contributed by atoms with Gasteiger partial charge in [-0.3, -0.25) is 0 Å². The molecule has 1 aromatic rings. The van der Waals surface area contributed by atoms with E-state index in [0.717, 1.165) is 17.8 Å². The van der Waals surface area contributed by atoms with Crippen molar-refractivity contribution in [3.8, 4) is 0 Å². The summed E-state index contributed by atoms with van der Waals surface area (Å²) >= 11 is 1.14. The Morgan fingerprint density at radius 3 is 2.38 bits per heavy atom. The van der Waals surface area contributed by atoms with E-state index in [0.29, 0.717) is 10.6 Å². The maximum Gasteiger partial charge on any atom is 0.416 e. The molecule has 0 heterocycles. The predicted octanol–water partition coefficient (Wildman–Crippen LogP) is 2.28. The van der Waals surface area contributed by atoms with E-state index in [-0.39, 0.29) is 12.2 Å². The monoisotopic (exact) mass is 252 g/mol. The number of thioether (sulfide) groups is 1. The number of aliphatic hydroxyl groups excluding tert-OH is 2. The molecule has 0 saturated carbocycles. The first kappa shape index (κ1) is 13.3. The molecule has 0 aliphatic heterocycles. The minimum absolute atomic E-state index is 0.0895. The number of benzene rings is 1. The van der Waals surface area contributed by atoms with Gasteiger partial charge >= 0.3 is 6.18 Å². The number of halogens is 3. The molecule has 0 radical (unpaired) electrons. The summed E-state index contributed by atoms with van der Waals surface area (Å²) in [5.74, 6) is 0.343. The lowest BCUT2D eigenvalue weighted by Gasteiger charge is -2.12. The Bertz CT molecular complexity index is 352. The van der Waals surface area contributed by atoms with Crippen LogP contribution in [0.3, 0.4) is 0 Å². The van der Waals surface area contributed by atoms with Gasteiger partial charge in [0.25, 0.3) is 0 Å². The first-order chi connectivity index (χ1) is 7.49. The average Bonchev–Trinajstić information content (AvgIpc) is 2.24. The molecule has 0 atom stereocenters. The van der Waals surface area contributed by atoms with Crippen molar-refractivity contribution in [3.63, 3.8) is 0 Å². The largest absolute Gasteiger partial charge is 0.416 e. The molecule has 90 valence electrons. The fourth-order valence-electron chi connectivity index (χ4n) is 1.21. The molecule has 2 nitrogen and oxygen atoms in total. The summed E-state index contributed by atoms with van der Waals surface area (Å²) in [5, 5.41) is 17.4. The third-order valence-electron chi connectivity index (χ3n) is 1.92. The van der Waals surface area contributed by atoms with E-state index in [1.807, 2.05) is 0 Å². The summed E-state index contributed by atoms with van der Waals surface area (Å²) in [4.78, 5) is 0.429. The zero-order valence-electron chi connectivity index (χ0n) is 8.29. The molecule has 0 fully saturated rings. The molecule has 0 amide bonds. The minimum atomic E-state index is -4.46. The molecule has 0 spiro atoms. The van der Waals surface area contributed by atoms with Gasteiger partial charge in [0.1, 0.15) is 0 Å². The van der Waals surface area contributed by atoms with Crippen LogP contribution in [0.15, 0.2) is 23.1 Å². The van der Waals surface area contributed by atoms with Crippen LogP contribution in [0.4, 0.5) is 13.2 Å². The van der Waals surface area contributed by atoms with Crippen molar-refractivity contribution in [1.29, 1.82) is 0 Å². The van der Waals surface area contributed by atoms with Gasteiger partial charge < -0.3 is 10.2 Å². The molecular formula is C10H11F3O2S. The number of alkyl halides is 3. The Morgan fingerprint density at radius 1 is 1.19 bits per heavy atom. The third-order valence-corrected chi connectivity index (χ3v) is 2.89. The molecule has 0 aliphatic carbocycles. The van der Waals surface area contributed by atoms with Crippen LogP contribution >= 0.6 is 11.8 Å². The van der Waals surface area contributed by atoms with Crippen LogP contribution in [0.1, 0.15) is 11.1 Å². The van der Waals surface area contributed by atoms with Crippen molar-refractivity contribution in [1.82, 2.24) is 0 Å². The fraction of sp³-hybridized carbons (Fsp3) is 0.400. The number of aliphatic hydroxyl groups is 2. The Morgan fingerprint density at radius 2 is 1.88 bits per heavy atom. The molecule has 0 saturated heterocycles. The summed E-state index contributed by atoms with van der Waals surface area (Å²) in [6.45, 7) is -0.729. The zero-order valence-corrected chi connectivity index (χ0v) is 9.11. The first-order valence-corrected chi connectivity index (χ1v) is 5.52. The number of hydrogen-bond acceptors (Lipinski definition) is 3. The quantitative estimate of drug-likeness (QED) is 0.808. The van der Waals surface area contributed by atoms with Crippen molar-refractivity contribution in [2.45, 2.75) is 17.7 Å². The molecule has 2 N–H and O–H groups in total. The topological polar surface area (TPSA) is 40.5 Å². The summed E-state index contributed by atoms with van der Waals surface area (Å²) in [5.41, 5.74) is -0.959. The van der Waals surface area contributed by atoms with E-state index in [2.05, 4.69) is 0 Å². The summed E-state index contributed by atoms with van der Waals surface area (Å²) < 4.78 is 37.7. The summed E-state index contributed by atoms with van der Waals surface area (Å²) in [6.07, 6.45) is -4.46. The zero-order chi connectivity index (χ0) is 12.2. The highest BCUT2D eigenvalue weighted by atomic mass is 32.2. The van der Waals surface area contributed by atoms with E-state index in [1.54, 1.807) is 0 Å². The van der Waals surface area contributed by atoms with Crippen LogP contribution in [0, 0.1) is 0 Å². The standard InChI is InChI=1S/C10H11F3O2S/c11-10(12,13)9-5-8(16-4-3-14)2-1-7(9)6-15/h1-2,5,14-15H,3-4,6H2. The van der Waals surface area contributed by atoms with E-state index in [1.165, 1.54) is 12.1 Å². The van der Waals surface area contributed by atoms with Crippen molar-refractivity contribution < 1.29 is 23.4 Å². The van der Waals surface area contributed by atoms with Gasteiger partial charge in [-0.1, -0.05) is 6.07 Å². The maximum atomic E-state index is 12.6. The second kappa shape index (κ2) is 5.56. The van der Waals surface area contributed by atoms with E-state index < -0.39 is 18.3 Å². The molecule has 0 unspecified atom stereocenters.